The predicted molar refractivity (Wildman–Crippen MR) is 83.8 cm³/mol. The monoisotopic (exact) mass is 306 g/mol. The van der Waals surface area contributed by atoms with E-state index in [2.05, 4.69) is 16.8 Å². The van der Waals surface area contributed by atoms with Crippen LogP contribution in [0.1, 0.15) is 11.1 Å². The molecule has 112 valence electrons. The molecular formula is C16H19FN2OS. The van der Waals surface area contributed by atoms with Crippen molar-refractivity contribution in [3.63, 3.8) is 0 Å². The number of hydrogen-bond acceptors (Lipinski definition) is 3. The lowest BCUT2D eigenvalue weighted by atomic mass is 10.1. The Hall–Kier alpha value is -1.72. The van der Waals surface area contributed by atoms with Crippen molar-refractivity contribution >= 4 is 17.2 Å². The zero-order valence-electron chi connectivity index (χ0n) is 12.0. The summed E-state index contributed by atoms with van der Waals surface area (Å²) < 4.78 is 13.4. The number of carbonyl (C=O) groups excluding carboxylic acids is 1. The van der Waals surface area contributed by atoms with Gasteiger partial charge in [0.25, 0.3) is 0 Å². The van der Waals surface area contributed by atoms with Gasteiger partial charge in [-0.1, -0.05) is 18.2 Å². The fraction of sp³-hybridized carbons (Fsp3) is 0.312. The number of halogens is 1. The topological polar surface area (TPSA) is 32.3 Å². The van der Waals surface area contributed by atoms with Gasteiger partial charge >= 0.3 is 0 Å². The summed E-state index contributed by atoms with van der Waals surface area (Å²) >= 11 is 1.65. The van der Waals surface area contributed by atoms with Gasteiger partial charge in [-0.2, -0.15) is 11.3 Å². The molecule has 2 rings (SSSR count). The zero-order chi connectivity index (χ0) is 15.1. The van der Waals surface area contributed by atoms with Crippen molar-refractivity contribution in [3.05, 3.63) is 58.0 Å². The van der Waals surface area contributed by atoms with Gasteiger partial charge in [0.2, 0.25) is 5.91 Å². The van der Waals surface area contributed by atoms with Crippen LogP contribution in [0.25, 0.3) is 0 Å². The molecule has 0 fully saturated rings. The average Bonchev–Trinajstić information content (AvgIpc) is 2.93. The molecule has 0 saturated heterocycles. The maximum absolute atomic E-state index is 13.4. The number of hydrogen-bond donors (Lipinski definition) is 1. The molecule has 0 spiro atoms. The Labute approximate surface area is 128 Å². The molecule has 0 aliphatic carbocycles. The number of nitrogens with one attached hydrogen (secondary N) is 1. The van der Waals surface area contributed by atoms with Crippen LogP contribution in [0.5, 0.6) is 0 Å². The van der Waals surface area contributed by atoms with E-state index in [1.54, 1.807) is 29.5 Å². The standard InChI is InChI=1S/C16H19FN2OS/c1-19(10-13-7-9-21-12-13)11-16(20)18-8-6-14-4-2-3-5-15(14)17/h2-5,7,9,12H,6,8,10-11H2,1H3,(H,18,20). The smallest absolute Gasteiger partial charge is 0.234 e. The Bertz CT molecular complexity index is 571. The van der Waals surface area contributed by atoms with E-state index in [0.29, 0.717) is 25.1 Å². The second kappa shape index (κ2) is 7.90. The Balaban J connectivity index is 1.69. The van der Waals surface area contributed by atoms with Gasteiger partial charge < -0.3 is 5.32 Å². The van der Waals surface area contributed by atoms with Gasteiger partial charge in [-0.3, -0.25) is 9.69 Å². The first-order valence-corrected chi connectivity index (χ1v) is 7.79. The van der Waals surface area contributed by atoms with Crippen LogP contribution in [0.15, 0.2) is 41.1 Å². The Morgan fingerprint density at radius 1 is 1.33 bits per heavy atom. The van der Waals surface area contributed by atoms with E-state index in [1.807, 2.05) is 17.3 Å². The molecule has 1 amide bonds. The first-order chi connectivity index (χ1) is 10.1. The highest BCUT2D eigenvalue weighted by Gasteiger charge is 2.07. The molecule has 3 nitrogen and oxygen atoms in total. The second-order valence-corrected chi connectivity index (χ2v) is 5.78. The minimum absolute atomic E-state index is 0.0379. The van der Waals surface area contributed by atoms with Crippen molar-refractivity contribution < 1.29 is 9.18 Å². The molecular weight excluding hydrogens is 287 g/mol. The highest BCUT2D eigenvalue weighted by atomic mass is 32.1. The van der Waals surface area contributed by atoms with Crippen LogP contribution >= 0.6 is 11.3 Å². The van der Waals surface area contributed by atoms with E-state index in [4.69, 9.17) is 0 Å². The molecule has 0 aliphatic heterocycles. The van der Waals surface area contributed by atoms with Crippen molar-refractivity contribution in [3.8, 4) is 0 Å². The number of benzene rings is 1. The molecule has 0 aliphatic rings. The van der Waals surface area contributed by atoms with Gasteiger partial charge in [0, 0.05) is 13.1 Å². The molecule has 0 saturated carbocycles. The number of thiophene rings is 1. The summed E-state index contributed by atoms with van der Waals surface area (Å²) in [5.41, 5.74) is 1.84. The van der Waals surface area contributed by atoms with Crippen LogP contribution in [-0.4, -0.2) is 30.9 Å². The lowest BCUT2D eigenvalue weighted by Gasteiger charge is -2.15. The minimum atomic E-state index is -0.221. The van der Waals surface area contributed by atoms with E-state index in [1.165, 1.54) is 11.6 Å². The molecule has 0 radical (unpaired) electrons. The third kappa shape index (κ3) is 5.28. The van der Waals surface area contributed by atoms with Crippen molar-refractivity contribution in [2.45, 2.75) is 13.0 Å². The van der Waals surface area contributed by atoms with Crippen LogP contribution < -0.4 is 5.32 Å². The minimum Gasteiger partial charge on any atom is -0.355 e. The molecule has 5 heteroatoms. The number of nitrogens with zero attached hydrogens (tertiary/aromatic N) is 1. The molecule has 1 heterocycles. The van der Waals surface area contributed by atoms with E-state index in [-0.39, 0.29) is 11.7 Å². The van der Waals surface area contributed by atoms with Crippen LogP contribution in [0.3, 0.4) is 0 Å². The van der Waals surface area contributed by atoms with Crippen LogP contribution in [0.4, 0.5) is 4.39 Å². The molecule has 1 N–H and O–H groups in total. The van der Waals surface area contributed by atoms with Gasteiger partial charge in [0.15, 0.2) is 0 Å². The molecule has 0 unspecified atom stereocenters. The Kier molecular flexibility index (Phi) is 5.90. The van der Waals surface area contributed by atoms with Crippen LogP contribution in [-0.2, 0) is 17.8 Å². The highest BCUT2D eigenvalue weighted by Crippen LogP contribution is 2.08. The summed E-state index contributed by atoms with van der Waals surface area (Å²) in [6.07, 6.45) is 0.507. The van der Waals surface area contributed by atoms with Gasteiger partial charge in [-0.15, -0.1) is 0 Å². The average molecular weight is 306 g/mol. The highest BCUT2D eigenvalue weighted by molar-refractivity contribution is 7.07. The maximum Gasteiger partial charge on any atom is 0.234 e. The Morgan fingerprint density at radius 2 is 2.14 bits per heavy atom. The predicted octanol–water partition coefficient (Wildman–Crippen LogP) is 2.68. The summed E-state index contributed by atoms with van der Waals surface area (Å²) in [5.74, 6) is -0.259. The van der Waals surface area contributed by atoms with Crippen molar-refractivity contribution in [1.29, 1.82) is 0 Å². The number of amides is 1. The normalized spacial score (nSPS) is 10.8. The molecule has 1 aromatic carbocycles. The lowest BCUT2D eigenvalue weighted by molar-refractivity contribution is -0.122. The molecule has 0 bridgehead atoms. The largest absolute Gasteiger partial charge is 0.355 e. The quantitative estimate of drug-likeness (QED) is 0.853. The third-order valence-electron chi connectivity index (χ3n) is 3.12. The van der Waals surface area contributed by atoms with E-state index < -0.39 is 0 Å². The summed E-state index contributed by atoms with van der Waals surface area (Å²) in [4.78, 5) is 13.8. The summed E-state index contributed by atoms with van der Waals surface area (Å²) in [7, 11) is 1.91. The SMILES string of the molecule is CN(CC(=O)NCCc1ccccc1F)Cc1ccsc1. The van der Waals surface area contributed by atoms with Gasteiger partial charge in [0.05, 0.1) is 6.54 Å². The van der Waals surface area contributed by atoms with Crippen LogP contribution in [0.2, 0.25) is 0 Å². The number of carbonyl (C=O) groups is 1. The summed E-state index contributed by atoms with van der Waals surface area (Å²) in [6.45, 7) is 1.55. The van der Waals surface area contributed by atoms with Gasteiger partial charge in [-0.05, 0) is 47.5 Å². The molecule has 1 aromatic heterocycles. The number of rotatable bonds is 7. The van der Waals surface area contributed by atoms with Crippen molar-refractivity contribution in [2.24, 2.45) is 0 Å². The van der Waals surface area contributed by atoms with E-state index in [0.717, 1.165) is 6.54 Å². The molecule has 0 atom stereocenters. The Morgan fingerprint density at radius 3 is 2.86 bits per heavy atom. The first-order valence-electron chi connectivity index (χ1n) is 6.85. The van der Waals surface area contributed by atoms with Crippen LogP contribution in [0, 0.1) is 5.82 Å². The van der Waals surface area contributed by atoms with Crippen molar-refractivity contribution in [2.75, 3.05) is 20.1 Å². The van der Waals surface area contributed by atoms with E-state index in [9.17, 15) is 9.18 Å². The lowest BCUT2D eigenvalue weighted by Crippen LogP contribution is -2.35. The summed E-state index contributed by atoms with van der Waals surface area (Å²) in [6, 6.07) is 8.69. The van der Waals surface area contributed by atoms with Crippen molar-refractivity contribution in [1.82, 2.24) is 10.2 Å². The first kappa shape index (κ1) is 15.7. The fourth-order valence-corrected chi connectivity index (χ4v) is 2.75. The fourth-order valence-electron chi connectivity index (χ4n) is 2.09. The zero-order valence-corrected chi connectivity index (χ0v) is 12.8. The van der Waals surface area contributed by atoms with Gasteiger partial charge in [0.1, 0.15) is 5.82 Å². The molecule has 2 aromatic rings. The second-order valence-electron chi connectivity index (χ2n) is 5.00. The number of likely N-dealkylation sites (N-methyl/N-ethyl adjacent to an activating group) is 1. The molecule has 21 heavy (non-hydrogen) atoms. The van der Waals surface area contributed by atoms with E-state index >= 15 is 0 Å². The summed E-state index contributed by atoms with van der Waals surface area (Å²) in [5, 5.41) is 6.93. The third-order valence-corrected chi connectivity index (χ3v) is 3.85. The maximum atomic E-state index is 13.4. The van der Waals surface area contributed by atoms with Gasteiger partial charge in [-0.25, -0.2) is 4.39 Å².